The summed E-state index contributed by atoms with van der Waals surface area (Å²) >= 11 is 1.02. The Hall–Kier alpha value is -2.16. The van der Waals surface area contributed by atoms with Crippen LogP contribution in [0.1, 0.15) is 26.6 Å². The van der Waals surface area contributed by atoms with Crippen LogP contribution in [-0.4, -0.2) is 24.8 Å². The maximum atomic E-state index is 10.9. The first kappa shape index (κ1) is 14.3. The second kappa shape index (κ2) is 5.08. The summed E-state index contributed by atoms with van der Waals surface area (Å²) in [6, 6.07) is 2.90. The van der Waals surface area contributed by atoms with Crippen molar-refractivity contribution in [1.82, 2.24) is 19.9 Å². The summed E-state index contributed by atoms with van der Waals surface area (Å²) < 4.78 is 1.34. The molecular formula is C11H14N6O2S. The predicted octanol–water partition coefficient (Wildman–Crippen LogP) is 1.74. The fourth-order valence-corrected chi connectivity index (χ4v) is 2.34. The third kappa shape index (κ3) is 2.72. The van der Waals surface area contributed by atoms with Gasteiger partial charge in [-0.05, 0) is 17.8 Å². The number of aromatic nitrogens is 4. The van der Waals surface area contributed by atoms with Crippen molar-refractivity contribution >= 4 is 17.4 Å². The molecule has 2 N–H and O–H groups in total. The van der Waals surface area contributed by atoms with E-state index in [2.05, 4.69) is 15.2 Å². The zero-order valence-electron chi connectivity index (χ0n) is 11.3. The van der Waals surface area contributed by atoms with Gasteiger partial charge in [-0.2, -0.15) is 0 Å². The molecule has 2 heterocycles. The number of nitro groups is 1. The van der Waals surface area contributed by atoms with Crippen LogP contribution >= 0.6 is 11.8 Å². The van der Waals surface area contributed by atoms with Gasteiger partial charge in [0.1, 0.15) is 0 Å². The van der Waals surface area contributed by atoms with E-state index in [1.54, 1.807) is 0 Å². The number of nitrogen functional groups attached to an aromatic ring is 1. The molecule has 0 bridgehead atoms. The Morgan fingerprint density at radius 1 is 1.40 bits per heavy atom. The molecule has 0 saturated heterocycles. The van der Waals surface area contributed by atoms with Crippen molar-refractivity contribution in [3.63, 3.8) is 0 Å². The molecule has 0 unspecified atom stereocenters. The first-order valence-corrected chi connectivity index (χ1v) is 6.60. The maximum absolute atomic E-state index is 10.9. The van der Waals surface area contributed by atoms with Crippen molar-refractivity contribution in [1.29, 1.82) is 0 Å². The highest BCUT2D eigenvalue weighted by molar-refractivity contribution is 7.99. The molecule has 20 heavy (non-hydrogen) atoms. The highest BCUT2D eigenvalue weighted by Gasteiger charge is 2.25. The normalized spacial score (nSPS) is 11.6. The van der Waals surface area contributed by atoms with Crippen LogP contribution in [0.3, 0.4) is 0 Å². The van der Waals surface area contributed by atoms with Crippen molar-refractivity contribution in [2.45, 2.75) is 36.4 Å². The van der Waals surface area contributed by atoms with Crippen molar-refractivity contribution in [2.24, 2.45) is 0 Å². The minimum Gasteiger partial charge on any atom is -0.336 e. The number of hydrogen-bond donors (Lipinski definition) is 1. The second-order valence-corrected chi connectivity index (χ2v) is 6.07. The molecule has 0 aliphatic rings. The Kier molecular flexibility index (Phi) is 3.62. The van der Waals surface area contributed by atoms with Crippen LogP contribution in [0.15, 0.2) is 28.5 Å². The third-order valence-corrected chi connectivity index (χ3v) is 3.44. The molecular weight excluding hydrogens is 280 g/mol. The fourth-order valence-electron chi connectivity index (χ4n) is 1.54. The standard InChI is InChI=1S/C11H14N6O2S/c1-11(2,3)9-14-15-10(16(9)12)20-8-7(17(18)19)5-4-6-13-8/h4-6H,12H2,1-3H3. The van der Waals surface area contributed by atoms with Crippen LogP contribution in [-0.2, 0) is 5.41 Å². The molecule has 2 aromatic rings. The zero-order chi connectivity index (χ0) is 14.9. The average Bonchev–Trinajstić information content (AvgIpc) is 2.71. The number of pyridine rings is 1. The van der Waals surface area contributed by atoms with Gasteiger partial charge in [-0.25, -0.2) is 9.66 Å². The summed E-state index contributed by atoms with van der Waals surface area (Å²) in [5.41, 5.74) is -0.353. The molecule has 0 atom stereocenters. The van der Waals surface area contributed by atoms with E-state index in [4.69, 9.17) is 5.84 Å². The second-order valence-electron chi connectivity index (χ2n) is 5.11. The maximum Gasteiger partial charge on any atom is 0.301 e. The van der Waals surface area contributed by atoms with E-state index < -0.39 is 4.92 Å². The van der Waals surface area contributed by atoms with E-state index in [0.717, 1.165) is 11.8 Å². The number of nitrogens with zero attached hydrogens (tertiary/aromatic N) is 5. The molecule has 2 aromatic heterocycles. The van der Waals surface area contributed by atoms with Crippen LogP contribution in [0, 0.1) is 10.1 Å². The average molecular weight is 294 g/mol. The summed E-state index contributed by atoms with van der Waals surface area (Å²) in [5.74, 6) is 6.53. The van der Waals surface area contributed by atoms with Gasteiger partial charge in [-0.15, -0.1) is 10.2 Å². The Balaban J connectivity index is 2.37. The third-order valence-electron chi connectivity index (χ3n) is 2.47. The van der Waals surface area contributed by atoms with Crippen LogP contribution in [0.5, 0.6) is 0 Å². The lowest BCUT2D eigenvalue weighted by Crippen LogP contribution is -2.24. The van der Waals surface area contributed by atoms with Gasteiger partial charge in [0.2, 0.25) is 5.16 Å². The lowest BCUT2D eigenvalue weighted by molar-refractivity contribution is -0.388. The van der Waals surface area contributed by atoms with Crippen molar-refractivity contribution in [3.8, 4) is 0 Å². The highest BCUT2D eigenvalue weighted by Crippen LogP contribution is 2.32. The number of hydrogen-bond acceptors (Lipinski definition) is 7. The Bertz CT molecular complexity index is 649. The van der Waals surface area contributed by atoms with Crippen LogP contribution in [0.25, 0.3) is 0 Å². The largest absolute Gasteiger partial charge is 0.336 e. The molecule has 0 saturated carbocycles. The van der Waals surface area contributed by atoms with Crippen molar-refractivity contribution in [2.75, 3.05) is 5.84 Å². The molecule has 0 spiro atoms. The van der Waals surface area contributed by atoms with E-state index >= 15 is 0 Å². The summed E-state index contributed by atoms with van der Waals surface area (Å²) in [6.45, 7) is 5.87. The fraction of sp³-hybridized carbons (Fsp3) is 0.364. The van der Waals surface area contributed by atoms with Gasteiger partial charge in [0.15, 0.2) is 10.9 Å². The monoisotopic (exact) mass is 294 g/mol. The predicted molar refractivity (Wildman–Crippen MR) is 73.9 cm³/mol. The minimum absolute atomic E-state index is 0.0854. The molecule has 2 rings (SSSR count). The van der Waals surface area contributed by atoms with Crippen LogP contribution in [0.2, 0.25) is 0 Å². The quantitative estimate of drug-likeness (QED) is 0.521. The molecule has 0 aromatic carbocycles. The highest BCUT2D eigenvalue weighted by atomic mass is 32.2. The SMILES string of the molecule is CC(C)(C)c1nnc(Sc2ncccc2[N+](=O)[O-])n1N. The summed E-state index contributed by atoms with van der Waals surface area (Å²) in [5, 5.41) is 19.5. The van der Waals surface area contributed by atoms with Crippen LogP contribution < -0.4 is 5.84 Å². The molecule has 0 aliphatic carbocycles. The Labute approximate surface area is 119 Å². The van der Waals surface area contributed by atoms with Gasteiger partial charge in [0, 0.05) is 17.7 Å². The van der Waals surface area contributed by atoms with Gasteiger partial charge in [0.05, 0.1) is 4.92 Å². The van der Waals surface area contributed by atoms with E-state index in [1.807, 2.05) is 20.8 Å². The van der Waals surface area contributed by atoms with E-state index in [-0.39, 0.29) is 16.1 Å². The Morgan fingerprint density at radius 3 is 2.65 bits per heavy atom. The zero-order valence-corrected chi connectivity index (χ0v) is 12.1. The Morgan fingerprint density at radius 2 is 2.10 bits per heavy atom. The number of nitrogens with two attached hydrogens (primary N) is 1. The molecule has 0 aliphatic heterocycles. The van der Waals surface area contributed by atoms with Gasteiger partial charge in [-0.3, -0.25) is 10.1 Å². The molecule has 0 fully saturated rings. The molecule has 8 nitrogen and oxygen atoms in total. The van der Waals surface area contributed by atoms with Gasteiger partial charge in [0.25, 0.3) is 0 Å². The van der Waals surface area contributed by atoms with Gasteiger partial charge < -0.3 is 5.84 Å². The van der Waals surface area contributed by atoms with Gasteiger partial charge in [-0.1, -0.05) is 20.8 Å². The molecule has 9 heteroatoms. The lowest BCUT2D eigenvalue weighted by Gasteiger charge is -2.16. The van der Waals surface area contributed by atoms with E-state index in [0.29, 0.717) is 11.0 Å². The van der Waals surface area contributed by atoms with Crippen molar-refractivity contribution in [3.05, 3.63) is 34.3 Å². The molecule has 0 amide bonds. The minimum atomic E-state index is -0.489. The summed E-state index contributed by atoms with van der Waals surface area (Å²) in [7, 11) is 0. The first-order valence-electron chi connectivity index (χ1n) is 5.79. The lowest BCUT2D eigenvalue weighted by atomic mass is 9.96. The van der Waals surface area contributed by atoms with Crippen molar-refractivity contribution < 1.29 is 4.92 Å². The summed E-state index contributed by atoms with van der Waals surface area (Å²) in [4.78, 5) is 14.4. The molecule has 0 radical (unpaired) electrons. The van der Waals surface area contributed by atoms with Gasteiger partial charge >= 0.3 is 5.69 Å². The first-order chi connectivity index (χ1) is 9.30. The topological polar surface area (TPSA) is 113 Å². The molecule has 106 valence electrons. The van der Waals surface area contributed by atoms with Crippen LogP contribution in [0.4, 0.5) is 5.69 Å². The van der Waals surface area contributed by atoms with E-state index in [1.165, 1.54) is 23.0 Å². The summed E-state index contributed by atoms with van der Waals surface area (Å²) in [6.07, 6.45) is 1.48. The van der Waals surface area contributed by atoms with E-state index in [9.17, 15) is 10.1 Å². The number of rotatable bonds is 3. The smallest absolute Gasteiger partial charge is 0.301 e.